The highest BCUT2D eigenvalue weighted by Crippen LogP contribution is 2.21. The van der Waals surface area contributed by atoms with Gasteiger partial charge in [-0.25, -0.2) is 4.79 Å². The van der Waals surface area contributed by atoms with E-state index in [0.29, 0.717) is 12.1 Å². The summed E-state index contributed by atoms with van der Waals surface area (Å²) in [5.74, 6) is -0.249. The van der Waals surface area contributed by atoms with Crippen LogP contribution < -0.4 is 10.9 Å². The minimum Gasteiger partial charge on any atom is -0.422 e. The van der Waals surface area contributed by atoms with Crippen molar-refractivity contribution in [3.8, 4) is 0 Å². The molecule has 144 valence electrons. The van der Waals surface area contributed by atoms with Crippen LogP contribution in [0.3, 0.4) is 0 Å². The first kappa shape index (κ1) is 18.8. The highest BCUT2D eigenvalue weighted by molar-refractivity contribution is 5.98. The molecule has 5 heteroatoms. The molecule has 0 aliphatic rings. The number of para-hydroxylation sites is 1. The smallest absolute Gasteiger partial charge is 0.347 e. The Morgan fingerprint density at radius 2 is 1.69 bits per heavy atom. The van der Waals surface area contributed by atoms with Gasteiger partial charge < -0.3 is 9.73 Å². The van der Waals surface area contributed by atoms with Gasteiger partial charge in [0.2, 0.25) is 0 Å². The fourth-order valence-corrected chi connectivity index (χ4v) is 3.29. The van der Waals surface area contributed by atoms with Gasteiger partial charge in [-0.05, 0) is 35.4 Å². The number of nitrogens with one attached hydrogen (secondary N) is 1. The molecular weight excluding hydrogens is 364 g/mol. The predicted octanol–water partition coefficient (Wildman–Crippen LogP) is 4.29. The molecule has 2 aromatic carbocycles. The number of fused-ring (bicyclic) bond motifs is 1. The van der Waals surface area contributed by atoms with Gasteiger partial charge >= 0.3 is 5.63 Å². The summed E-state index contributed by atoms with van der Waals surface area (Å²) in [6, 6.07) is 22.2. The van der Waals surface area contributed by atoms with Crippen LogP contribution in [0, 0.1) is 0 Å². The molecule has 0 amide bonds. The molecule has 4 aromatic rings. The Kier molecular flexibility index (Phi) is 5.59. The van der Waals surface area contributed by atoms with Gasteiger partial charge in [-0.15, -0.1) is 0 Å². The van der Waals surface area contributed by atoms with Crippen LogP contribution in [-0.2, 0) is 6.54 Å². The lowest BCUT2D eigenvalue weighted by Gasteiger charge is -2.19. The number of hydrogen-bond donors (Lipinski definition) is 1. The van der Waals surface area contributed by atoms with Gasteiger partial charge in [-0.2, -0.15) is 0 Å². The van der Waals surface area contributed by atoms with E-state index in [9.17, 15) is 9.59 Å². The monoisotopic (exact) mass is 384 g/mol. The Morgan fingerprint density at radius 3 is 2.48 bits per heavy atom. The van der Waals surface area contributed by atoms with Gasteiger partial charge in [0.1, 0.15) is 11.1 Å². The molecule has 5 nitrogen and oxygen atoms in total. The van der Waals surface area contributed by atoms with Crippen LogP contribution >= 0.6 is 0 Å². The van der Waals surface area contributed by atoms with Crippen LogP contribution in [0.5, 0.6) is 0 Å². The molecule has 0 fully saturated rings. The van der Waals surface area contributed by atoms with E-state index in [1.807, 2.05) is 54.6 Å². The highest BCUT2D eigenvalue weighted by Gasteiger charge is 2.20. The Hall–Kier alpha value is -3.57. The third-order valence-electron chi connectivity index (χ3n) is 4.84. The van der Waals surface area contributed by atoms with Crippen molar-refractivity contribution in [3.05, 3.63) is 112 Å². The molecule has 2 aromatic heterocycles. The minimum atomic E-state index is -0.602. The molecular formula is C24H20N2O3. The third kappa shape index (κ3) is 4.47. The van der Waals surface area contributed by atoms with Crippen LogP contribution in [-0.4, -0.2) is 10.8 Å². The molecule has 0 aliphatic heterocycles. The van der Waals surface area contributed by atoms with E-state index in [0.717, 1.165) is 16.5 Å². The number of pyridine rings is 1. The molecule has 0 unspecified atom stereocenters. The zero-order valence-corrected chi connectivity index (χ0v) is 15.7. The van der Waals surface area contributed by atoms with Crippen LogP contribution in [0.2, 0.25) is 0 Å². The Labute approximate surface area is 168 Å². The number of aromatic nitrogens is 1. The van der Waals surface area contributed by atoms with Crippen molar-refractivity contribution in [1.82, 2.24) is 10.3 Å². The highest BCUT2D eigenvalue weighted by atomic mass is 16.4. The van der Waals surface area contributed by atoms with E-state index in [2.05, 4.69) is 10.3 Å². The Morgan fingerprint density at radius 1 is 0.966 bits per heavy atom. The summed E-state index contributed by atoms with van der Waals surface area (Å²) in [5.41, 5.74) is 2.01. The van der Waals surface area contributed by atoms with E-state index >= 15 is 0 Å². The summed E-state index contributed by atoms with van der Waals surface area (Å²) in [4.78, 5) is 29.4. The Bertz CT molecular complexity index is 1170. The number of benzene rings is 2. The van der Waals surface area contributed by atoms with Crippen molar-refractivity contribution in [1.29, 1.82) is 0 Å². The molecule has 0 saturated carbocycles. The van der Waals surface area contributed by atoms with Gasteiger partial charge in [0.15, 0.2) is 5.78 Å². The van der Waals surface area contributed by atoms with E-state index < -0.39 is 5.63 Å². The average Bonchev–Trinajstić information content (AvgIpc) is 2.77. The molecule has 0 radical (unpaired) electrons. The van der Waals surface area contributed by atoms with E-state index in [1.54, 1.807) is 30.6 Å². The standard InChI is InChI=1S/C24H20N2O3/c27-22(20-14-19-8-4-5-9-23(19)29-24(20)28)15-21(18-6-2-1-3-7-18)26-16-17-10-12-25-13-11-17/h1-14,21,26H,15-16H2/t21-/m0/s1. The van der Waals surface area contributed by atoms with Crippen molar-refractivity contribution in [2.75, 3.05) is 0 Å². The summed E-state index contributed by atoms with van der Waals surface area (Å²) in [5, 5.41) is 4.16. The van der Waals surface area contributed by atoms with Crippen LogP contribution in [0.15, 0.2) is 94.4 Å². The normalized spacial score (nSPS) is 12.0. The summed E-state index contributed by atoms with van der Waals surface area (Å²) in [7, 11) is 0. The van der Waals surface area contributed by atoms with Gasteiger partial charge in [0.05, 0.1) is 0 Å². The second-order valence-corrected chi connectivity index (χ2v) is 6.81. The maximum absolute atomic E-state index is 13.0. The van der Waals surface area contributed by atoms with Crippen LogP contribution in [0.1, 0.15) is 33.9 Å². The predicted molar refractivity (Wildman–Crippen MR) is 112 cm³/mol. The first-order valence-electron chi connectivity index (χ1n) is 9.44. The van der Waals surface area contributed by atoms with E-state index in [-0.39, 0.29) is 23.8 Å². The number of nitrogens with zero attached hydrogens (tertiary/aromatic N) is 1. The number of ketones is 1. The van der Waals surface area contributed by atoms with Gasteiger partial charge in [-0.3, -0.25) is 9.78 Å². The lowest BCUT2D eigenvalue weighted by molar-refractivity contribution is 0.0964. The van der Waals surface area contributed by atoms with Crippen molar-refractivity contribution in [2.24, 2.45) is 0 Å². The summed E-state index contributed by atoms with van der Waals surface area (Å²) >= 11 is 0. The SMILES string of the molecule is O=C(C[C@H](NCc1ccncc1)c1ccccc1)c1cc2ccccc2oc1=O. The molecule has 2 heterocycles. The largest absolute Gasteiger partial charge is 0.422 e. The van der Waals surface area contributed by atoms with Crippen LogP contribution in [0.4, 0.5) is 0 Å². The summed E-state index contributed by atoms with van der Waals surface area (Å²) in [6.07, 6.45) is 3.62. The molecule has 29 heavy (non-hydrogen) atoms. The summed E-state index contributed by atoms with van der Waals surface area (Å²) in [6.45, 7) is 0.585. The van der Waals surface area contributed by atoms with Crippen molar-refractivity contribution in [2.45, 2.75) is 19.0 Å². The van der Waals surface area contributed by atoms with Crippen molar-refractivity contribution < 1.29 is 9.21 Å². The molecule has 4 rings (SSSR count). The average molecular weight is 384 g/mol. The molecule has 1 atom stereocenters. The second kappa shape index (κ2) is 8.63. The zero-order valence-electron chi connectivity index (χ0n) is 15.7. The van der Waals surface area contributed by atoms with E-state index in [4.69, 9.17) is 4.42 Å². The topological polar surface area (TPSA) is 72.2 Å². The van der Waals surface area contributed by atoms with Gasteiger partial charge in [0.25, 0.3) is 0 Å². The van der Waals surface area contributed by atoms with Crippen molar-refractivity contribution >= 4 is 16.8 Å². The lowest BCUT2D eigenvalue weighted by atomic mass is 9.98. The molecule has 1 N–H and O–H groups in total. The van der Waals surface area contributed by atoms with Crippen LogP contribution in [0.25, 0.3) is 11.0 Å². The Balaban J connectivity index is 1.59. The molecule has 0 spiro atoms. The van der Waals surface area contributed by atoms with Gasteiger partial charge in [0, 0.05) is 36.8 Å². The maximum atomic E-state index is 13.0. The maximum Gasteiger partial charge on any atom is 0.347 e. The number of rotatable bonds is 7. The van der Waals surface area contributed by atoms with Crippen molar-refractivity contribution in [3.63, 3.8) is 0 Å². The molecule has 0 saturated heterocycles. The third-order valence-corrected chi connectivity index (χ3v) is 4.84. The fraction of sp³-hybridized carbons (Fsp3) is 0.125. The number of carbonyl (C=O) groups excluding carboxylic acids is 1. The first-order chi connectivity index (χ1) is 14.2. The van der Waals surface area contributed by atoms with Gasteiger partial charge in [-0.1, -0.05) is 48.5 Å². The number of Topliss-reactive ketones (excluding diaryl/α,β-unsaturated/α-hetero) is 1. The molecule has 0 aliphatic carbocycles. The minimum absolute atomic E-state index is 0.0790. The fourth-order valence-electron chi connectivity index (χ4n) is 3.29. The van der Waals surface area contributed by atoms with E-state index in [1.165, 1.54) is 0 Å². The number of carbonyl (C=O) groups is 1. The second-order valence-electron chi connectivity index (χ2n) is 6.81. The first-order valence-corrected chi connectivity index (χ1v) is 9.44. The number of hydrogen-bond acceptors (Lipinski definition) is 5. The quantitative estimate of drug-likeness (QED) is 0.380. The molecule has 0 bridgehead atoms. The lowest BCUT2D eigenvalue weighted by Crippen LogP contribution is -2.25. The zero-order chi connectivity index (χ0) is 20.1. The summed E-state index contributed by atoms with van der Waals surface area (Å²) < 4.78 is 5.33.